The highest BCUT2D eigenvalue weighted by molar-refractivity contribution is 5.88. The van der Waals surface area contributed by atoms with Crippen LogP contribution in [0.3, 0.4) is 0 Å². The van der Waals surface area contributed by atoms with E-state index in [0.717, 1.165) is 33.9 Å². The molecule has 1 aromatic carbocycles. The van der Waals surface area contributed by atoms with Crippen molar-refractivity contribution < 1.29 is 9.47 Å². The summed E-state index contributed by atoms with van der Waals surface area (Å²) in [7, 11) is 5.09. The first-order valence-electron chi connectivity index (χ1n) is 6.51. The Hall–Kier alpha value is -2.76. The van der Waals surface area contributed by atoms with Gasteiger partial charge >= 0.3 is 0 Å². The Morgan fingerprint density at radius 1 is 1.14 bits per heavy atom. The number of hydrogen-bond donors (Lipinski definition) is 2. The van der Waals surface area contributed by atoms with Gasteiger partial charge in [-0.25, -0.2) is 9.97 Å². The monoisotopic (exact) mass is 284 g/mol. The van der Waals surface area contributed by atoms with Crippen molar-refractivity contribution in [1.82, 2.24) is 15.0 Å². The summed E-state index contributed by atoms with van der Waals surface area (Å²) in [5.41, 5.74) is 2.55. The van der Waals surface area contributed by atoms with Crippen LogP contribution in [0.2, 0.25) is 0 Å². The van der Waals surface area contributed by atoms with Gasteiger partial charge in [-0.1, -0.05) is 0 Å². The molecule has 0 amide bonds. The molecule has 21 heavy (non-hydrogen) atoms. The first kappa shape index (κ1) is 13.2. The fourth-order valence-corrected chi connectivity index (χ4v) is 2.25. The standard InChI is InChI=1S/C15H16N4O2/c1-16-15-13-11(6-7-17-15)18-14(19-13)10-8-9(20-2)4-5-12(10)21-3/h4-8H,1-3H3,(H,16,17)(H,18,19). The van der Waals surface area contributed by atoms with Crippen LogP contribution < -0.4 is 14.8 Å². The van der Waals surface area contributed by atoms with Gasteiger partial charge < -0.3 is 19.8 Å². The Balaban J connectivity index is 2.20. The van der Waals surface area contributed by atoms with Crippen LogP contribution in [-0.4, -0.2) is 36.2 Å². The van der Waals surface area contributed by atoms with Gasteiger partial charge in [0, 0.05) is 13.2 Å². The predicted octanol–water partition coefficient (Wildman–Crippen LogP) is 2.68. The highest BCUT2D eigenvalue weighted by Gasteiger charge is 2.13. The molecule has 0 atom stereocenters. The average Bonchev–Trinajstić information content (AvgIpc) is 2.98. The normalized spacial score (nSPS) is 10.6. The van der Waals surface area contributed by atoms with E-state index in [-0.39, 0.29) is 0 Å². The molecule has 0 unspecified atom stereocenters. The van der Waals surface area contributed by atoms with Crippen molar-refractivity contribution in [2.45, 2.75) is 0 Å². The lowest BCUT2D eigenvalue weighted by molar-refractivity contribution is 0.404. The van der Waals surface area contributed by atoms with Crippen molar-refractivity contribution in [3.05, 3.63) is 30.5 Å². The minimum Gasteiger partial charge on any atom is -0.497 e. The number of anilines is 1. The van der Waals surface area contributed by atoms with Crippen LogP contribution >= 0.6 is 0 Å². The molecule has 2 heterocycles. The van der Waals surface area contributed by atoms with Crippen molar-refractivity contribution in [2.75, 3.05) is 26.6 Å². The number of imidazole rings is 1. The van der Waals surface area contributed by atoms with Crippen LogP contribution in [0.25, 0.3) is 22.4 Å². The fourth-order valence-electron chi connectivity index (χ4n) is 2.25. The van der Waals surface area contributed by atoms with Crippen molar-refractivity contribution in [3.63, 3.8) is 0 Å². The number of nitrogens with zero attached hydrogens (tertiary/aromatic N) is 2. The van der Waals surface area contributed by atoms with Gasteiger partial charge in [0.2, 0.25) is 0 Å². The Bertz CT molecular complexity index is 782. The van der Waals surface area contributed by atoms with Gasteiger partial charge in [-0.3, -0.25) is 0 Å². The third-order valence-corrected chi connectivity index (χ3v) is 3.30. The van der Waals surface area contributed by atoms with Gasteiger partial charge in [0.1, 0.15) is 22.8 Å². The zero-order valence-corrected chi connectivity index (χ0v) is 12.1. The molecule has 0 radical (unpaired) electrons. The van der Waals surface area contributed by atoms with E-state index in [0.29, 0.717) is 5.82 Å². The Labute approximate surface area is 122 Å². The number of fused-ring (bicyclic) bond motifs is 1. The van der Waals surface area contributed by atoms with E-state index in [9.17, 15) is 0 Å². The maximum atomic E-state index is 5.41. The Morgan fingerprint density at radius 3 is 2.71 bits per heavy atom. The van der Waals surface area contributed by atoms with Crippen LogP contribution in [0.15, 0.2) is 30.5 Å². The number of aromatic amines is 1. The molecule has 108 valence electrons. The molecule has 2 aromatic heterocycles. The van der Waals surface area contributed by atoms with Crippen LogP contribution in [0.5, 0.6) is 11.5 Å². The van der Waals surface area contributed by atoms with E-state index >= 15 is 0 Å². The van der Waals surface area contributed by atoms with Gasteiger partial charge in [-0.15, -0.1) is 0 Å². The number of hydrogen-bond acceptors (Lipinski definition) is 5. The summed E-state index contributed by atoms with van der Waals surface area (Å²) in [6.07, 6.45) is 1.72. The molecule has 3 aromatic rings. The molecular weight excluding hydrogens is 268 g/mol. The van der Waals surface area contributed by atoms with Crippen molar-refractivity contribution in [1.29, 1.82) is 0 Å². The molecule has 0 aliphatic carbocycles. The first-order valence-corrected chi connectivity index (χ1v) is 6.51. The molecule has 0 aliphatic rings. The summed E-state index contributed by atoms with van der Waals surface area (Å²) in [4.78, 5) is 12.2. The molecule has 6 nitrogen and oxygen atoms in total. The highest BCUT2D eigenvalue weighted by Crippen LogP contribution is 2.33. The molecule has 3 rings (SSSR count). The predicted molar refractivity (Wildman–Crippen MR) is 82.0 cm³/mol. The lowest BCUT2D eigenvalue weighted by atomic mass is 10.2. The lowest BCUT2D eigenvalue weighted by Gasteiger charge is -2.08. The smallest absolute Gasteiger partial charge is 0.151 e. The highest BCUT2D eigenvalue weighted by atomic mass is 16.5. The van der Waals surface area contributed by atoms with E-state index in [4.69, 9.17) is 9.47 Å². The van der Waals surface area contributed by atoms with Crippen molar-refractivity contribution in [3.8, 4) is 22.9 Å². The Kier molecular flexibility index (Phi) is 3.35. The maximum Gasteiger partial charge on any atom is 0.151 e. The number of methoxy groups -OCH3 is 2. The number of pyridine rings is 1. The number of benzene rings is 1. The third-order valence-electron chi connectivity index (χ3n) is 3.30. The van der Waals surface area contributed by atoms with Crippen LogP contribution in [0.1, 0.15) is 0 Å². The molecule has 6 heteroatoms. The van der Waals surface area contributed by atoms with E-state index < -0.39 is 0 Å². The molecule has 0 saturated heterocycles. The second-order valence-corrected chi connectivity index (χ2v) is 4.46. The molecule has 0 aliphatic heterocycles. The average molecular weight is 284 g/mol. The largest absolute Gasteiger partial charge is 0.497 e. The van der Waals surface area contributed by atoms with Gasteiger partial charge in [-0.05, 0) is 24.3 Å². The molecule has 2 N–H and O–H groups in total. The van der Waals surface area contributed by atoms with Crippen LogP contribution in [-0.2, 0) is 0 Å². The summed E-state index contributed by atoms with van der Waals surface area (Å²) in [6.45, 7) is 0. The third kappa shape index (κ3) is 2.24. The van der Waals surface area contributed by atoms with E-state index in [2.05, 4.69) is 20.3 Å². The van der Waals surface area contributed by atoms with E-state index in [1.807, 2.05) is 31.3 Å². The number of ether oxygens (including phenoxy) is 2. The molecule has 0 fully saturated rings. The number of aromatic nitrogens is 3. The second kappa shape index (κ2) is 5.32. The number of nitrogens with one attached hydrogen (secondary N) is 2. The quantitative estimate of drug-likeness (QED) is 0.770. The van der Waals surface area contributed by atoms with Crippen molar-refractivity contribution >= 4 is 16.9 Å². The summed E-state index contributed by atoms with van der Waals surface area (Å²) in [5.74, 6) is 2.95. The fraction of sp³-hybridized carbons (Fsp3) is 0.200. The van der Waals surface area contributed by atoms with Crippen LogP contribution in [0.4, 0.5) is 5.82 Å². The summed E-state index contributed by atoms with van der Waals surface area (Å²) >= 11 is 0. The van der Waals surface area contributed by atoms with Gasteiger partial charge in [0.15, 0.2) is 5.82 Å². The molecule has 0 bridgehead atoms. The Morgan fingerprint density at radius 2 is 2.00 bits per heavy atom. The maximum absolute atomic E-state index is 5.41. The van der Waals surface area contributed by atoms with Gasteiger partial charge in [-0.2, -0.15) is 0 Å². The first-order chi connectivity index (χ1) is 10.3. The molecule has 0 spiro atoms. The zero-order chi connectivity index (χ0) is 14.8. The number of H-pyrrole nitrogens is 1. The van der Waals surface area contributed by atoms with Crippen molar-refractivity contribution in [2.24, 2.45) is 0 Å². The molecule has 0 saturated carbocycles. The van der Waals surface area contributed by atoms with E-state index in [1.165, 1.54) is 0 Å². The zero-order valence-electron chi connectivity index (χ0n) is 12.1. The van der Waals surface area contributed by atoms with Gasteiger partial charge in [0.25, 0.3) is 0 Å². The lowest BCUT2D eigenvalue weighted by Crippen LogP contribution is -1.92. The minimum absolute atomic E-state index is 0.713. The second-order valence-electron chi connectivity index (χ2n) is 4.46. The topological polar surface area (TPSA) is 72.1 Å². The molecular formula is C15H16N4O2. The summed E-state index contributed by atoms with van der Waals surface area (Å²) in [5, 5.41) is 3.05. The minimum atomic E-state index is 0.713. The van der Waals surface area contributed by atoms with Gasteiger partial charge in [0.05, 0.1) is 25.3 Å². The number of rotatable bonds is 4. The van der Waals surface area contributed by atoms with Crippen LogP contribution in [0, 0.1) is 0 Å². The summed E-state index contributed by atoms with van der Waals surface area (Å²) < 4.78 is 10.7. The summed E-state index contributed by atoms with van der Waals surface area (Å²) in [6, 6.07) is 7.47. The SMILES string of the molecule is CNc1nccc2nc(-c3cc(OC)ccc3OC)[nH]c12. The van der Waals surface area contributed by atoms with E-state index in [1.54, 1.807) is 20.4 Å².